The molecule has 1 saturated heterocycles. The Morgan fingerprint density at radius 3 is 2.82 bits per heavy atom. The highest BCUT2D eigenvalue weighted by Crippen LogP contribution is 2.24. The number of sulfone groups is 1. The van der Waals surface area contributed by atoms with E-state index in [4.69, 9.17) is 5.73 Å². The molecule has 7 heteroatoms. The molecule has 1 aromatic rings. The van der Waals surface area contributed by atoms with Crippen LogP contribution in [0, 0.1) is 0 Å². The van der Waals surface area contributed by atoms with Gasteiger partial charge in [0.1, 0.15) is 12.2 Å². The molecule has 2 heterocycles. The van der Waals surface area contributed by atoms with Crippen LogP contribution in [0.15, 0.2) is 6.33 Å². The van der Waals surface area contributed by atoms with Crippen LogP contribution in [-0.4, -0.2) is 40.2 Å². The minimum absolute atomic E-state index is 0.0466. The molecule has 1 aliphatic heterocycles. The molecule has 0 spiro atoms. The fraction of sp³-hybridized carbons (Fsp3) is 0.800. The first-order valence-electron chi connectivity index (χ1n) is 5.69. The number of aromatic nitrogens is 3. The molecule has 0 radical (unpaired) electrons. The lowest BCUT2D eigenvalue weighted by Gasteiger charge is -2.22. The van der Waals surface area contributed by atoms with Crippen LogP contribution in [0.25, 0.3) is 0 Å². The van der Waals surface area contributed by atoms with Crippen LogP contribution >= 0.6 is 0 Å². The maximum absolute atomic E-state index is 11.5. The summed E-state index contributed by atoms with van der Waals surface area (Å²) < 4.78 is 24.7. The summed E-state index contributed by atoms with van der Waals surface area (Å²) in [5.74, 6) is 0.990. The Bertz CT molecular complexity index is 508. The topological polar surface area (TPSA) is 90.9 Å². The number of hydrogen-bond donors (Lipinski definition) is 1. The zero-order valence-corrected chi connectivity index (χ0v) is 10.9. The summed E-state index contributed by atoms with van der Waals surface area (Å²) in [6.07, 6.45) is 2.45. The summed E-state index contributed by atoms with van der Waals surface area (Å²) in [5.41, 5.74) is 5.45. The second kappa shape index (κ2) is 4.06. The van der Waals surface area contributed by atoms with E-state index in [1.54, 1.807) is 4.68 Å². The van der Waals surface area contributed by atoms with Crippen LogP contribution in [0.3, 0.4) is 0 Å². The summed E-state index contributed by atoms with van der Waals surface area (Å²) in [6.45, 7) is 4.01. The zero-order valence-electron chi connectivity index (χ0n) is 10.1. The molecule has 1 aliphatic rings. The third-order valence-corrected chi connectivity index (χ3v) is 4.91. The molecule has 0 bridgehead atoms. The van der Waals surface area contributed by atoms with Crippen molar-refractivity contribution in [1.82, 2.24) is 14.8 Å². The molecular weight excluding hydrogens is 240 g/mol. The van der Waals surface area contributed by atoms with Crippen molar-refractivity contribution in [2.24, 2.45) is 5.73 Å². The number of nitrogens with two attached hydrogens (primary N) is 1. The first kappa shape index (κ1) is 12.5. The van der Waals surface area contributed by atoms with Gasteiger partial charge in [0.2, 0.25) is 0 Å². The number of nitrogens with zero attached hydrogens (tertiary/aromatic N) is 3. The van der Waals surface area contributed by atoms with Gasteiger partial charge in [-0.1, -0.05) is 0 Å². The Hall–Kier alpha value is -0.950. The highest BCUT2D eigenvalue weighted by molar-refractivity contribution is 7.91. The lowest BCUT2D eigenvalue weighted by molar-refractivity contribution is 0.428. The molecule has 1 unspecified atom stereocenters. The first-order chi connectivity index (χ1) is 7.81. The fourth-order valence-electron chi connectivity index (χ4n) is 2.23. The van der Waals surface area contributed by atoms with Crippen molar-refractivity contribution in [1.29, 1.82) is 0 Å². The normalized spacial score (nSPS) is 27.8. The van der Waals surface area contributed by atoms with Crippen molar-refractivity contribution in [3.63, 3.8) is 0 Å². The van der Waals surface area contributed by atoms with Crippen LogP contribution in [0.2, 0.25) is 0 Å². The van der Waals surface area contributed by atoms with E-state index in [1.165, 1.54) is 6.33 Å². The first-order valence-corrected chi connectivity index (χ1v) is 7.51. The van der Waals surface area contributed by atoms with Gasteiger partial charge in [-0.2, -0.15) is 5.10 Å². The van der Waals surface area contributed by atoms with Gasteiger partial charge >= 0.3 is 0 Å². The summed E-state index contributed by atoms with van der Waals surface area (Å²) >= 11 is 0. The minimum atomic E-state index is -2.97. The van der Waals surface area contributed by atoms with Crippen LogP contribution < -0.4 is 5.73 Å². The third-order valence-electron chi connectivity index (χ3n) is 3.06. The molecule has 17 heavy (non-hydrogen) atoms. The molecule has 96 valence electrons. The smallest absolute Gasteiger partial charge is 0.152 e. The molecule has 2 N–H and O–H groups in total. The van der Waals surface area contributed by atoms with Gasteiger partial charge in [0, 0.05) is 18.0 Å². The monoisotopic (exact) mass is 258 g/mol. The number of rotatable bonds is 3. The van der Waals surface area contributed by atoms with E-state index in [0.717, 1.165) is 5.82 Å². The predicted molar refractivity (Wildman–Crippen MR) is 64.3 cm³/mol. The second-order valence-corrected chi connectivity index (χ2v) is 7.28. The van der Waals surface area contributed by atoms with Gasteiger partial charge in [-0.25, -0.2) is 18.1 Å². The SMILES string of the molecule is CC(C)n1ncnc1CC1(N)CCS(=O)(=O)C1. The Labute approximate surface area is 101 Å². The molecule has 0 saturated carbocycles. The highest BCUT2D eigenvalue weighted by Gasteiger charge is 2.40. The average molecular weight is 258 g/mol. The van der Waals surface area contributed by atoms with Crippen LogP contribution in [-0.2, 0) is 16.3 Å². The van der Waals surface area contributed by atoms with Gasteiger partial charge < -0.3 is 5.73 Å². The molecule has 0 aromatic carbocycles. The van der Waals surface area contributed by atoms with Gasteiger partial charge in [-0.05, 0) is 20.3 Å². The zero-order chi connectivity index (χ0) is 12.7. The molecule has 1 atom stereocenters. The predicted octanol–water partition coefficient (Wildman–Crippen LogP) is -0.0825. The maximum Gasteiger partial charge on any atom is 0.152 e. The van der Waals surface area contributed by atoms with Gasteiger partial charge in [0.25, 0.3) is 0 Å². The standard InChI is InChI=1S/C10H18N4O2S/c1-8(2)14-9(12-7-13-14)5-10(11)3-4-17(15,16)6-10/h7-8H,3-6,11H2,1-2H3. The maximum atomic E-state index is 11.5. The van der Waals surface area contributed by atoms with Gasteiger partial charge in [0.15, 0.2) is 9.84 Å². The minimum Gasteiger partial charge on any atom is -0.324 e. The second-order valence-electron chi connectivity index (χ2n) is 5.10. The van der Waals surface area contributed by atoms with E-state index >= 15 is 0 Å². The summed E-state index contributed by atoms with van der Waals surface area (Å²) in [7, 11) is -2.97. The van der Waals surface area contributed by atoms with Gasteiger partial charge in [0.05, 0.1) is 11.5 Å². The van der Waals surface area contributed by atoms with E-state index in [2.05, 4.69) is 10.1 Å². The molecule has 0 aliphatic carbocycles. The van der Waals surface area contributed by atoms with Crippen molar-refractivity contribution in [3.8, 4) is 0 Å². The molecule has 1 aromatic heterocycles. The molecule has 1 fully saturated rings. The van der Waals surface area contributed by atoms with E-state index in [0.29, 0.717) is 12.8 Å². The molecule has 2 rings (SSSR count). The Balaban J connectivity index is 2.19. The van der Waals surface area contributed by atoms with Crippen molar-refractivity contribution in [2.45, 2.75) is 38.3 Å². The van der Waals surface area contributed by atoms with Gasteiger partial charge in [-0.3, -0.25) is 0 Å². The van der Waals surface area contributed by atoms with Crippen LogP contribution in [0.1, 0.15) is 32.1 Å². The van der Waals surface area contributed by atoms with E-state index in [9.17, 15) is 8.42 Å². The number of hydrogen-bond acceptors (Lipinski definition) is 5. The van der Waals surface area contributed by atoms with Crippen molar-refractivity contribution in [2.75, 3.05) is 11.5 Å². The third kappa shape index (κ3) is 2.66. The van der Waals surface area contributed by atoms with E-state index < -0.39 is 15.4 Å². The molecule has 6 nitrogen and oxygen atoms in total. The summed E-state index contributed by atoms with van der Waals surface area (Å²) in [4.78, 5) is 4.17. The van der Waals surface area contributed by atoms with Gasteiger partial charge in [-0.15, -0.1) is 0 Å². The quantitative estimate of drug-likeness (QED) is 0.818. The van der Waals surface area contributed by atoms with Crippen molar-refractivity contribution < 1.29 is 8.42 Å². The van der Waals surface area contributed by atoms with Crippen LogP contribution in [0.4, 0.5) is 0 Å². The summed E-state index contributed by atoms with van der Waals surface area (Å²) in [5, 5.41) is 4.13. The van der Waals surface area contributed by atoms with Crippen LogP contribution in [0.5, 0.6) is 0 Å². The Morgan fingerprint density at radius 2 is 2.29 bits per heavy atom. The Morgan fingerprint density at radius 1 is 1.59 bits per heavy atom. The summed E-state index contributed by atoms with van der Waals surface area (Å²) in [6, 6.07) is 0.203. The van der Waals surface area contributed by atoms with Crippen molar-refractivity contribution >= 4 is 9.84 Å². The molecular formula is C10H18N4O2S. The largest absolute Gasteiger partial charge is 0.324 e. The fourth-order valence-corrected chi connectivity index (χ4v) is 4.21. The van der Waals surface area contributed by atoms with E-state index in [-0.39, 0.29) is 17.5 Å². The highest BCUT2D eigenvalue weighted by atomic mass is 32.2. The lowest BCUT2D eigenvalue weighted by Crippen LogP contribution is -2.44. The molecule has 0 amide bonds. The lowest BCUT2D eigenvalue weighted by atomic mass is 9.95. The van der Waals surface area contributed by atoms with E-state index in [1.807, 2.05) is 13.8 Å². The average Bonchev–Trinajstić information content (AvgIpc) is 2.71. The van der Waals surface area contributed by atoms with Crippen molar-refractivity contribution in [3.05, 3.63) is 12.2 Å². The Kier molecular flexibility index (Phi) is 2.99.